The summed E-state index contributed by atoms with van der Waals surface area (Å²) in [5.41, 5.74) is 1.11. The van der Waals surface area contributed by atoms with Gasteiger partial charge in [0.25, 0.3) is 0 Å². The van der Waals surface area contributed by atoms with Gasteiger partial charge < -0.3 is 19.7 Å². The van der Waals surface area contributed by atoms with E-state index in [1.165, 1.54) is 0 Å². The lowest BCUT2D eigenvalue weighted by Gasteiger charge is -2.38. The summed E-state index contributed by atoms with van der Waals surface area (Å²) in [5, 5.41) is 4.24. The number of rotatable bonds is 4. The summed E-state index contributed by atoms with van der Waals surface area (Å²) in [7, 11) is 1.83. The number of nitrogens with one attached hydrogen (secondary N) is 1. The third-order valence-corrected chi connectivity index (χ3v) is 4.52. The molecule has 25 heavy (non-hydrogen) atoms. The molecule has 1 saturated heterocycles. The highest BCUT2D eigenvalue weighted by atomic mass is 127. The van der Waals surface area contributed by atoms with Crippen molar-refractivity contribution in [3.8, 4) is 0 Å². The number of benzene rings is 1. The summed E-state index contributed by atoms with van der Waals surface area (Å²) in [6.07, 6.45) is 5.59. The van der Waals surface area contributed by atoms with Crippen LogP contribution in [-0.2, 0) is 6.54 Å². The van der Waals surface area contributed by atoms with Gasteiger partial charge in [0.1, 0.15) is 0 Å². The molecule has 1 aliphatic rings. The Morgan fingerprint density at radius 1 is 1.24 bits per heavy atom. The van der Waals surface area contributed by atoms with Crippen LogP contribution in [0.15, 0.2) is 48.0 Å². The zero-order valence-electron chi connectivity index (χ0n) is 14.3. The number of nitrogens with zero attached hydrogens (tertiary/aromatic N) is 5. The summed E-state index contributed by atoms with van der Waals surface area (Å²) >= 11 is 6.30. The molecule has 0 amide bonds. The molecular formula is C17H24ClIN6. The Labute approximate surface area is 170 Å². The minimum Gasteiger partial charge on any atom is -0.367 e. The van der Waals surface area contributed by atoms with Crippen molar-refractivity contribution in [1.82, 2.24) is 19.8 Å². The summed E-state index contributed by atoms with van der Waals surface area (Å²) in [4.78, 5) is 13.1. The van der Waals surface area contributed by atoms with E-state index in [1.807, 2.05) is 37.8 Å². The largest absolute Gasteiger partial charge is 0.367 e. The molecule has 0 atom stereocenters. The highest BCUT2D eigenvalue weighted by Crippen LogP contribution is 2.25. The number of aromatic nitrogens is 2. The number of hydrogen-bond acceptors (Lipinski definition) is 3. The first kappa shape index (κ1) is 19.8. The minimum absolute atomic E-state index is 0. The van der Waals surface area contributed by atoms with E-state index in [-0.39, 0.29) is 24.0 Å². The highest BCUT2D eigenvalue weighted by molar-refractivity contribution is 14.0. The van der Waals surface area contributed by atoms with Crippen LogP contribution in [0.25, 0.3) is 0 Å². The molecule has 6 nitrogen and oxygen atoms in total. The van der Waals surface area contributed by atoms with Crippen LogP contribution in [0.5, 0.6) is 0 Å². The number of para-hydroxylation sites is 1. The van der Waals surface area contributed by atoms with E-state index in [4.69, 9.17) is 11.6 Å². The normalized spacial score (nSPS) is 15.0. The molecule has 0 saturated carbocycles. The molecule has 1 N–H and O–H groups in total. The molecule has 2 aromatic rings. The third kappa shape index (κ3) is 5.24. The molecular weight excluding hydrogens is 451 g/mol. The molecule has 1 aliphatic heterocycles. The van der Waals surface area contributed by atoms with Crippen molar-refractivity contribution in [2.75, 3.05) is 44.7 Å². The van der Waals surface area contributed by atoms with E-state index in [9.17, 15) is 0 Å². The molecule has 0 bridgehead atoms. The van der Waals surface area contributed by atoms with Crippen LogP contribution < -0.4 is 10.2 Å². The molecule has 1 aromatic heterocycles. The first-order valence-electron chi connectivity index (χ1n) is 8.19. The number of aliphatic imine (C=N–C) groups is 1. The summed E-state index contributed by atoms with van der Waals surface area (Å²) < 4.78 is 2.05. The Hall–Kier alpha value is -1.48. The first-order chi connectivity index (χ1) is 11.8. The maximum Gasteiger partial charge on any atom is 0.193 e. The van der Waals surface area contributed by atoms with Gasteiger partial charge in [0.05, 0.1) is 17.0 Å². The Balaban J connectivity index is 0.00000225. The monoisotopic (exact) mass is 474 g/mol. The zero-order chi connectivity index (χ0) is 16.8. The van der Waals surface area contributed by atoms with Crippen molar-refractivity contribution >= 4 is 47.2 Å². The van der Waals surface area contributed by atoms with Crippen molar-refractivity contribution < 1.29 is 0 Å². The van der Waals surface area contributed by atoms with Crippen LogP contribution in [0.4, 0.5) is 5.69 Å². The Bertz CT molecular complexity index is 668. The summed E-state index contributed by atoms with van der Waals surface area (Å²) in [6.45, 7) is 5.43. The molecule has 1 fully saturated rings. The van der Waals surface area contributed by atoms with Gasteiger partial charge in [-0.15, -0.1) is 24.0 Å². The van der Waals surface area contributed by atoms with Gasteiger partial charge in [-0.05, 0) is 12.1 Å². The van der Waals surface area contributed by atoms with Crippen LogP contribution in [0.3, 0.4) is 0 Å². The fourth-order valence-corrected chi connectivity index (χ4v) is 3.17. The lowest BCUT2D eigenvalue weighted by molar-refractivity contribution is 0.372. The predicted octanol–water partition coefficient (Wildman–Crippen LogP) is 2.55. The second-order valence-corrected chi connectivity index (χ2v) is 6.11. The Morgan fingerprint density at radius 2 is 2.00 bits per heavy atom. The van der Waals surface area contributed by atoms with Gasteiger partial charge in [-0.1, -0.05) is 23.7 Å². The summed E-state index contributed by atoms with van der Waals surface area (Å²) in [5.74, 6) is 0.953. The average Bonchev–Trinajstić information content (AvgIpc) is 3.13. The number of imidazole rings is 1. The van der Waals surface area contributed by atoms with Crippen molar-refractivity contribution in [3.63, 3.8) is 0 Å². The van der Waals surface area contributed by atoms with Crippen LogP contribution >= 0.6 is 35.6 Å². The van der Waals surface area contributed by atoms with Gasteiger partial charge in [0.2, 0.25) is 0 Å². The van der Waals surface area contributed by atoms with Gasteiger partial charge in [0.15, 0.2) is 5.96 Å². The highest BCUT2D eigenvalue weighted by Gasteiger charge is 2.20. The molecule has 136 valence electrons. The maximum absolute atomic E-state index is 6.30. The van der Waals surface area contributed by atoms with E-state index >= 15 is 0 Å². The number of piperazine rings is 1. The van der Waals surface area contributed by atoms with E-state index in [0.29, 0.717) is 0 Å². The number of halogens is 2. The van der Waals surface area contributed by atoms with Crippen molar-refractivity contribution in [2.24, 2.45) is 4.99 Å². The molecule has 0 unspecified atom stereocenters. The molecule has 2 heterocycles. The van der Waals surface area contributed by atoms with Crippen LogP contribution in [0.2, 0.25) is 5.02 Å². The molecule has 8 heteroatoms. The minimum atomic E-state index is 0. The zero-order valence-corrected chi connectivity index (χ0v) is 17.4. The summed E-state index contributed by atoms with van der Waals surface area (Å²) in [6, 6.07) is 8.02. The Morgan fingerprint density at radius 3 is 2.64 bits per heavy atom. The van der Waals surface area contributed by atoms with Gasteiger partial charge >= 0.3 is 0 Å². The van der Waals surface area contributed by atoms with Gasteiger partial charge in [0, 0.05) is 58.7 Å². The molecule has 0 radical (unpaired) electrons. The van der Waals surface area contributed by atoms with Crippen molar-refractivity contribution in [3.05, 3.63) is 48.0 Å². The second-order valence-electron chi connectivity index (χ2n) is 5.70. The lowest BCUT2D eigenvalue weighted by Crippen LogP contribution is -2.53. The molecule has 3 rings (SSSR count). The fourth-order valence-electron chi connectivity index (χ4n) is 2.92. The fraction of sp³-hybridized carbons (Fsp3) is 0.412. The smallest absolute Gasteiger partial charge is 0.193 e. The number of hydrogen-bond donors (Lipinski definition) is 1. The van der Waals surface area contributed by atoms with E-state index in [1.54, 1.807) is 6.20 Å². The quantitative estimate of drug-likeness (QED) is 0.420. The third-order valence-electron chi connectivity index (χ3n) is 4.20. The van der Waals surface area contributed by atoms with Crippen LogP contribution in [0, 0.1) is 0 Å². The lowest BCUT2D eigenvalue weighted by atomic mass is 10.2. The van der Waals surface area contributed by atoms with E-state index in [2.05, 4.69) is 35.7 Å². The van der Waals surface area contributed by atoms with Crippen molar-refractivity contribution in [2.45, 2.75) is 6.54 Å². The standard InChI is InChI=1S/C17H23ClN6.HI/c1-19-17(21-7-9-22-8-6-20-14-22)24-12-10-23(11-13-24)16-5-3-2-4-15(16)18;/h2-6,8,14H,7,9-13H2,1H3,(H,19,21);1H. The second kappa shape index (κ2) is 9.86. The van der Waals surface area contributed by atoms with Crippen molar-refractivity contribution in [1.29, 1.82) is 0 Å². The molecule has 0 spiro atoms. The Kier molecular flexibility index (Phi) is 7.83. The van der Waals surface area contributed by atoms with Crippen LogP contribution in [0.1, 0.15) is 0 Å². The average molecular weight is 475 g/mol. The van der Waals surface area contributed by atoms with E-state index < -0.39 is 0 Å². The van der Waals surface area contributed by atoms with Crippen LogP contribution in [-0.4, -0.2) is 60.2 Å². The number of guanidine groups is 1. The van der Waals surface area contributed by atoms with Gasteiger partial charge in [-0.25, -0.2) is 4.98 Å². The van der Waals surface area contributed by atoms with E-state index in [0.717, 1.165) is 55.9 Å². The molecule has 0 aliphatic carbocycles. The predicted molar refractivity (Wildman–Crippen MR) is 114 cm³/mol. The van der Waals surface area contributed by atoms with Gasteiger partial charge in [-0.2, -0.15) is 0 Å². The SMILES string of the molecule is CN=C(NCCn1ccnc1)N1CCN(c2ccccc2Cl)CC1.I. The first-order valence-corrected chi connectivity index (χ1v) is 8.56. The molecule has 1 aromatic carbocycles. The maximum atomic E-state index is 6.30. The van der Waals surface area contributed by atoms with Gasteiger partial charge in [-0.3, -0.25) is 4.99 Å². The topological polar surface area (TPSA) is 48.7 Å². The number of anilines is 1.